The van der Waals surface area contributed by atoms with Gasteiger partial charge in [-0.15, -0.1) is 0 Å². The van der Waals surface area contributed by atoms with Gasteiger partial charge in [0.05, 0.1) is 0 Å². The number of rotatable bonds is 5. The molecule has 3 nitrogen and oxygen atoms in total. The Morgan fingerprint density at radius 2 is 2.29 bits per heavy atom. The Labute approximate surface area is 105 Å². The number of hydrogen-bond acceptors (Lipinski definition) is 2. The van der Waals surface area contributed by atoms with E-state index in [2.05, 4.69) is 24.3 Å². The van der Waals surface area contributed by atoms with Crippen LogP contribution in [0.25, 0.3) is 0 Å². The van der Waals surface area contributed by atoms with Crippen LogP contribution >= 0.6 is 0 Å². The molecular formula is C14H25N3. The number of aromatic nitrogens is 2. The van der Waals surface area contributed by atoms with Crippen LogP contribution in [0, 0.1) is 5.41 Å². The standard InChI is InChI=1S/C14H25N3/c1-14(2)8-4-3-7-13(14)15-9-5-11-17-12-6-10-16-17/h6,10,12-13,15H,3-5,7-9,11H2,1-2H3. The summed E-state index contributed by atoms with van der Waals surface area (Å²) in [4.78, 5) is 0. The average molecular weight is 235 g/mol. The average Bonchev–Trinajstić information content (AvgIpc) is 2.79. The second-order valence-corrected chi connectivity index (χ2v) is 5.86. The molecular weight excluding hydrogens is 210 g/mol. The summed E-state index contributed by atoms with van der Waals surface area (Å²) in [5.74, 6) is 0. The van der Waals surface area contributed by atoms with E-state index < -0.39 is 0 Å². The maximum absolute atomic E-state index is 4.22. The third-order valence-electron chi connectivity index (χ3n) is 4.02. The first-order valence-electron chi connectivity index (χ1n) is 6.89. The van der Waals surface area contributed by atoms with E-state index in [9.17, 15) is 0 Å². The summed E-state index contributed by atoms with van der Waals surface area (Å²) >= 11 is 0. The van der Waals surface area contributed by atoms with Gasteiger partial charge < -0.3 is 5.32 Å². The Morgan fingerprint density at radius 3 is 3.00 bits per heavy atom. The minimum Gasteiger partial charge on any atom is -0.313 e. The molecule has 0 aliphatic heterocycles. The van der Waals surface area contributed by atoms with Crippen LogP contribution < -0.4 is 5.32 Å². The van der Waals surface area contributed by atoms with E-state index in [0.717, 1.165) is 19.5 Å². The quantitative estimate of drug-likeness (QED) is 0.795. The van der Waals surface area contributed by atoms with Crippen LogP contribution in [0.3, 0.4) is 0 Å². The highest BCUT2D eigenvalue weighted by Crippen LogP contribution is 2.35. The van der Waals surface area contributed by atoms with Crippen LogP contribution in [0.1, 0.15) is 46.0 Å². The number of nitrogens with one attached hydrogen (secondary N) is 1. The lowest BCUT2D eigenvalue weighted by atomic mass is 9.73. The zero-order valence-corrected chi connectivity index (χ0v) is 11.2. The molecule has 0 radical (unpaired) electrons. The molecule has 1 aromatic heterocycles. The van der Waals surface area contributed by atoms with E-state index in [-0.39, 0.29) is 0 Å². The maximum atomic E-state index is 4.22. The number of nitrogens with zero attached hydrogens (tertiary/aromatic N) is 2. The highest BCUT2D eigenvalue weighted by Gasteiger charge is 2.31. The fraction of sp³-hybridized carbons (Fsp3) is 0.786. The van der Waals surface area contributed by atoms with Crippen molar-refractivity contribution in [1.29, 1.82) is 0 Å². The van der Waals surface area contributed by atoms with E-state index in [1.165, 1.54) is 25.7 Å². The summed E-state index contributed by atoms with van der Waals surface area (Å²) < 4.78 is 2.01. The van der Waals surface area contributed by atoms with Gasteiger partial charge in [-0.3, -0.25) is 4.68 Å². The second-order valence-electron chi connectivity index (χ2n) is 5.86. The lowest BCUT2D eigenvalue weighted by Gasteiger charge is -2.39. The molecule has 0 aromatic carbocycles. The smallest absolute Gasteiger partial charge is 0.0489 e. The summed E-state index contributed by atoms with van der Waals surface area (Å²) in [5.41, 5.74) is 0.476. The monoisotopic (exact) mass is 235 g/mol. The normalized spacial score (nSPS) is 23.8. The molecule has 1 atom stereocenters. The molecule has 0 saturated heterocycles. The molecule has 17 heavy (non-hydrogen) atoms. The Hall–Kier alpha value is -0.830. The summed E-state index contributed by atoms with van der Waals surface area (Å²) in [6.45, 7) is 6.93. The SMILES string of the molecule is CC1(C)CCCCC1NCCCn1cccn1. The topological polar surface area (TPSA) is 29.9 Å². The molecule has 1 aromatic rings. The molecule has 1 aliphatic rings. The van der Waals surface area contributed by atoms with Crippen LogP contribution in [0.5, 0.6) is 0 Å². The molecule has 3 heteroatoms. The van der Waals surface area contributed by atoms with E-state index in [1.807, 2.05) is 23.1 Å². The number of hydrogen-bond donors (Lipinski definition) is 1. The van der Waals surface area contributed by atoms with Crippen molar-refractivity contribution >= 4 is 0 Å². The third-order valence-corrected chi connectivity index (χ3v) is 4.02. The lowest BCUT2D eigenvalue weighted by molar-refractivity contribution is 0.167. The van der Waals surface area contributed by atoms with Crippen LogP contribution in [-0.4, -0.2) is 22.4 Å². The number of aryl methyl sites for hydroxylation is 1. The molecule has 1 unspecified atom stereocenters. The molecule has 2 rings (SSSR count). The van der Waals surface area contributed by atoms with Crippen molar-refractivity contribution in [2.24, 2.45) is 5.41 Å². The first-order valence-corrected chi connectivity index (χ1v) is 6.89. The Morgan fingerprint density at radius 1 is 1.41 bits per heavy atom. The first-order chi connectivity index (χ1) is 8.18. The summed E-state index contributed by atoms with van der Waals surface area (Å²) in [7, 11) is 0. The van der Waals surface area contributed by atoms with Gasteiger partial charge in [-0.05, 0) is 37.3 Å². The molecule has 1 fully saturated rings. The van der Waals surface area contributed by atoms with Gasteiger partial charge in [-0.25, -0.2) is 0 Å². The predicted octanol–water partition coefficient (Wildman–Crippen LogP) is 2.83. The van der Waals surface area contributed by atoms with Gasteiger partial charge in [-0.1, -0.05) is 26.7 Å². The van der Waals surface area contributed by atoms with Crippen molar-refractivity contribution in [3.05, 3.63) is 18.5 Å². The van der Waals surface area contributed by atoms with E-state index in [1.54, 1.807) is 0 Å². The van der Waals surface area contributed by atoms with Crippen molar-refractivity contribution in [3.63, 3.8) is 0 Å². The fourth-order valence-corrected chi connectivity index (χ4v) is 2.82. The summed E-state index contributed by atoms with van der Waals surface area (Å²) in [5, 5.41) is 7.95. The molecule has 0 bridgehead atoms. The first kappa shape index (κ1) is 12.6. The van der Waals surface area contributed by atoms with Gasteiger partial charge in [0.2, 0.25) is 0 Å². The van der Waals surface area contributed by atoms with Gasteiger partial charge in [0.1, 0.15) is 0 Å². The minimum absolute atomic E-state index is 0.476. The molecule has 96 valence electrons. The fourth-order valence-electron chi connectivity index (χ4n) is 2.82. The van der Waals surface area contributed by atoms with Crippen molar-refractivity contribution in [1.82, 2.24) is 15.1 Å². The van der Waals surface area contributed by atoms with Crippen molar-refractivity contribution in [2.75, 3.05) is 6.54 Å². The van der Waals surface area contributed by atoms with Gasteiger partial charge in [0.25, 0.3) is 0 Å². The molecule has 0 amide bonds. The third kappa shape index (κ3) is 3.56. The molecule has 1 N–H and O–H groups in total. The van der Waals surface area contributed by atoms with E-state index >= 15 is 0 Å². The Kier molecular flexibility index (Phi) is 4.21. The van der Waals surface area contributed by atoms with Gasteiger partial charge in [-0.2, -0.15) is 5.10 Å². The highest BCUT2D eigenvalue weighted by atomic mass is 15.3. The van der Waals surface area contributed by atoms with Gasteiger partial charge in [0.15, 0.2) is 0 Å². The van der Waals surface area contributed by atoms with Gasteiger partial charge >= 0.3 is 0 Å². The van der Waals surface area contributed by atoms with Crippen molar-refractivity contribution in [2.45, 2.75) is 58.5 Å². The van der Waals surface area contributed by atoms with Crippen LogP contribution in [0.2, 0.25) is 0 Å². The van der Waals surface area contributed by atoms with E-state index in [0.29, 0.717) is 11.5 Å². The second kappa shape index (κ2) is 5.67. The highest BCUT2D eigenvalue weighted by molar-refractivity contribution is 4.87. The van der Waals surface area contributed by atoms with Crippen LogP contribution in [0.4, 0.5) is 0 Å². The summed E-state index contributed by atoms with van der Waals surface area (Å²) in [6, 6.07) is 2.69. The zero-order valence-electron chi connectivity index (χ0n) is 11.2. The summed E-state index contributed by atoms with van der Waals surface area (Å²) in [6.07, 6.45) is 10.5. The maximum Gasteiger partial charge on any atom is 0.0489 e. The van der Waals surface area contributed by atoms with Crippen molar-refractivity contribution in [3.8, 4) is 0 Å². The van der Waals surface area contributed by atoms with Crippen molar-refractivity contribution < 1.29 is 0 Å². The Balaban J connectivity index is 1.67. The molecule has 1 heterocycles. The molecule has 1 saturated carbocycles. The van der Waals surface area contributed by atoms with Crippen LogP contribution in [-0.2, 0) is 6.54 Å². The zero-order chi connectivity index (χ0) is 12.1. The largest absolute Gasteiger partial charge is 0.313 e. The Bertz CT molecular complexity index is 316. The van der Waals surface area contributed by atoms with E-state index in [4.69, 9.17) is 0 Å². The minimum atomic E-state index is 0.476. The lowest BCUT2D eigenvalue weighted by Crippen LogP contribution is -2.44. The van der Waals surface area contributed by atoms with Gasteiger partial charge in [0, 0.05) is 25.0 Å². The van der Waals surface area contributed by atoms with Crippen LogP contribution in [0.15, 0.2) is 18.5 Å². The predicted molar refractivity (Wildman–Crippen MR) is 70.9 cm³/mol. The molecule has 1 aliphatic carbocycles. The molecule has 0 spiro atoms.